The maximum atomic E-state index is 12.1. The number of alkyl halides is 1. The second-order valence-corrected chi connectivity index (χ2v) is 5.71. The van der Waals surface area contributed by atoms with Crippen molar-refractivity contribution in [3.05, 3.63) is 29.3 Å². The lowest BCUT2D eigenvalue weighted by molar-refractivity contribution is -0.119. The van der Waals surface area contributed by atoms with Crippen LogP contribution in [0.2, 0.25) is 0 Å². The standard InChI is InChI=1S/C14H16BrNO/c15-7-5-10-1-4-13-12(9-10)6-8-16(13)14(17)11-2-3-11/h1,4,9,11H,2-3,5-8H2. The van der Waals surface area contributed by atoms with Crippen molar-refractivity contribution < 1.29 is 4.79 Å². The largest absolute Gasteiger partial charge is 0.312 e. The predicted octanol–water partition coefficient (Wildman–Crippen LogP) is 2.92. The number of carbonyl (C=O) groups is 1. The Hall–Kier alpha value is -0.830. The van der Waals surface area contributed by atoms with Crippen molar-refractivity contribution >= 4 is 27.5 Å². The second kappa shape index (κ2) is 4.45. The monoisotopic (exact) mass is 293 g/mol. The van der Waals surface area contributed by atoms with Gasteiger partial charge in [0.25, 0.3) is 0 Å². The van der Waals surface area contributed by atoms with E-state index < -0.39 is 0 Å². The number of nitrogens with zero attached hydrogens (tertiary/aromatic N) is 1. The molecule has 1 amide bonds. The first-order chi connectivity index (χ1) is 8.29. The van der Waals surface area contributed by atoms with E-state index >= 15 is 0 Å². The van der Waals surface area contributed by atoms with Crippen LogP contribution >= 0.6 is 15.9 Å². The zero-order chi connectivity index (χ0) is 11.8. The first-order valence-electron chi connectivity index (χ1n) is 6.29. The summed E-state index contributed by atoms with van der Waals surface area (Å²) in [5.41, 5.74) is 3.86. The van der Waals surface area contributed by atoms with Gasteiger partial charge in [-0.2, -0.15) is 0 Å². The number of amides is 1. The summed E-state index contributed by atoms with van der Waals surface area (Å²) < 4.78 is 0. The molecule has 1 aliphatic heterocycles. The molecule has 1 saturated carbocycles. The summed E-state index contributed by atoms with van der Waals surface area (Å²) >= 11 is 3.46. The number of benzene rings is 1. The summed E-state index contributed by atoms with van der Waals surface area (Å²) in [6.07, 6.45) is 4.26. The number of anilines is 1. The highest BCUT2D eigenvalue weighted by molar-refractivity contribution is 9.09. The molecule has 0 atom stereocenters. The van der Waals surface area contributed by atoms with Gasteiger partial charge in [0.15, 0.2) is 0 Å². The van der Waals surface area contributed by atoms with E-state index in [0.29, 0.717) is 11.8 Å². The molecule has 17 heavy (non-hydrogen) atoms. The van der Waals surface area contributed by atoms with E-state index in [4.69, 9.17) is 0 Å². The second-order valence-electron chi connectivity index (χ2n) is 4.92. The number of carbonyl (C=O) groups excluding carboxylic acids is 1. The number of hydrogen-bond donors (Lipinski definition) is 0. The Balaban J connectivity index is 1.84. The van der Waals surface area contributed by atoms with Gasteiger partial charge in [-0.3, -0.25) is 4.79 Å². The van der Waals surface area contributed by atoms with Gasteiger partial charge in [-0.15, -0.1) is 0 Å². The molecule has 0 saturated heterocycles. The lowest BCUT2D eigenvalue weighted by atomic mass is 10.1. The molecule has 0 radical (unpaired) electrons. The Bertz CT molecular complexity index is 454. The van der Waals surface area contributed by atoms with E-state index in [0.717, 1.165) is 43.2 Å². The number of halogens is 1. The third kappa shape index (κ3) is 2.13. The molecule has 0 unspecified atom stereocenters. The molecule has 0 N–H and O–H groups in total. The summed E-state index contributed by atoms with van der Waals surface area (Å²) in [5, 5.41) is 0.997. The maximum absolute atomic E-state index is 12.1. The van der Waals surface area contributed by atoms with Gasteiger partial charge in [0.2, 0.25) is 5.91 Å². The van der Waals surface area contributed by atoms with Crippen molar-refractivity contribution in [1.29, 1.82) is 0 Å². The molecule has 3 heteroatoms. The van der Waals surface area contributed by atoms with Crippen LogP contribution in [0.4, 0.5) is 5.69 Å². The van der Waals surface area contributed by atoms with Gasteiger partial charge in [-0.25, -0.2) is 0 Å². The van der Waals surface area contributed by atoms with E-state index in [1.54, 1.807) is 0 Å². The predicted molar refractivity (Wildman–Crippen MR) is 72.7 cm³/mol. The van der Waals surface area contributed by atoms with Crippen molar-refractivity contribution in [2.45, 2.75) is 25.7 Å². The molecule has 0 spiro atoms. The van der Waals surface area contributed by atoms with Crippen LogP contribution in [0.15, 0.2) is 18.2 Å². The first-order valence-corrected chi connectivity index (χ1v) is 7.41. The zero-order valence-corrected chi connectivity index (χ0v) is 11.4. The fourth-order valence-electron chi connectivity index (χ4n) is 2.50. The van der Waals surface area contributed by atoms with Crippen molar-refractivity contribution in [3.63, 3.8) is 0 Å². The third-order valence-electron chi connectivity index (χ3n) is 3.62. The topological polar surface area (TPSA) is 20.3 Å². The van der Waals surface area contributed by atoms with Gasteiger partial charge in [-0.05, 0) is 42.9 Å². The van der Waals surface area contributed by atoms with Gasteiger partial charge < -0.3 is 4.90 Å². The van der Waals surface area contributed by atoms with Crippen LogP contribution in [0.3, 0.4) is 0 Å². The summed E-state index contributed by atoms with van der Waals surface area (Å²) in [6.45, 7) is 0.877. The van der Waals surface area contributed by atoms with Gasteiger partial charge in [0.05, 0.1) is 0 Å². The Labute approximate surface area is 110 Å². The summed E-state index contributed by atoms with van der Waals surface area (Å²) in [5.74, 6) is 0.667. The molecule has 1 fully saturated rings. The molecule has 1 aromatic rings. The van der Waals surface area contributed by atoms with Gasteiger partial charge in [0, 0.05) is 23.5 Å². The lowest BCUT2D eigenvalue weighted by Crippen LogP contribution is -2.30. The number of fused-ring (bicyclic) bond motifs is 1. The molecule has 0 aromatic heterocycles. The van der Waals surface area contributed by atoms with Crippen molar-refractivity contribution in [2.24, 2.45) is 5.92 Å². The van der Waals surface area contributed by atoms with Gasteiger partial charge in [-0.1, -0.05) is 28.1 Å². The van der Waals surface area contributed by atoms with Crippen LogP contribution in [0.1, 0.15) is 24.0 Å². The van der Waals surface area contributed by atoms with Crippen LogP contribution in [0.25, 0.3) is 0 Å². The highest BCUT2D eigenvalue weighted by Crippen LogP contribution is 2.36. The normalized spacial score (nSPS) is 18.3. The van der Waals surface area contributed by atoms with Crippen LogP contribution in [0.5, 0.6) is 0 Å². The highest BCUT2D eigenvalue weighted by Gasteiger charge is 2.36. The maximum Gasteiger partial charge on any atom is 0.230 e. The smallest absolute Gasteiger partial charge is 0.230 e. The van der Waals surface area contributed by atoms with Crippen LogP contribution in [-0.2, 0) is 17.6 Å². The first kappa shape index (κ1) is 11.3. The van der Waals surface area contributed by atoms with E-state index in [1.165, 1.54) is 11.1 Å². The third-order valence-corrected chi connectivity index (χ3v) is 4.01. The average molecular weight is 294 g/mol. The zero-order valence-electron chi connectivity index (χ0n) is 9.79. The fourth-order valence-corrected chi connectivity index (χ4v) is 2.96. The summed E-state index contributed by atoms with van der Waals surface area (Å²) in [4.78, 5) is 14.1. The van der Waals surface area contributed by atoms with Gasteiger partial charge in [0.1, 0.15) is 0 Å². The molecular formula is C14H16BrNO. The fraction of sp³-hybridized carbons (Fsp3) is 0.500. The molecule has 2 nitrogen and oxygen atoms in total. The highest BCUT2D eigenvalue weighted by atomic mass is 79.9. The van der Waals surface area contributed by atoms with E-state index in [-0.39, 0.29) is 0 Å². The summed E-state index contributed by atoms with van der Waals surface area (Å²) in [6, 6.07) is 6.54. The summed E-state index contributed by atoms with van der Waals surface area (Å²) in [7, 11) is 0. The van der Waals surface area contributed by atoms with E-state index in [9.17, 15) is 4.79 Å². The SMILES string of the molecule is O=C(C1CC1)N1CCc2cc(CCBr)ccc21. The minimum absolute atomic E-state index is 0.322. The van der Waals surface area contributed by atoms with Crippen molar-refractivity contribution in [2.75, 3.05) is 16.8 Å². The van der Waals surface area contributed by atoms with Gasteiger partial charge >= 0.3 is 0 Å². The van der Waals surface area contributed by atoms with Crippen molar-refractivity contribution in [1.82, 2.24) is 0 Å². The molecule has 0 bridgehead atoms. The Morgan fingerprint density at radius 1 is 1.41 bits per heavy atom. The molecular weight excluding hydrogens is 278 g/mol. The molecule has 1 aliphatic carbocycles. The average Bonchev–Trinajstić information content (AvgIpc) is 3.09. The Kier molecular flexibility index (Phi) is 2.95. The molecule has 1 heterocycles. The quantitative estimate of drug-likeness (QED) is 0.785. The van der Waals surface area contributed by atoms with Crippen LogP contribution < -0.4 is 4.90 Å². The lowest BCUT2D eigenvalue weighted by Gasteiger charge is -2.17. The molecule has 2 aliphatic rings. The Morgan fingerprint density at radius 3 is 2.94 bits per heavy atom. The molecule has 90 valence electrons. The van der Waals surface area contributed by atoms with Crippen LogP contribution in [0, 0.1) is 5.92 Å². The van der Waals surface area contributed by atoms with Crippen LogP contribution in [-0.4, -0.2) is 17.8 Å². The van der Waals surface area contributed by atoms with E-state index in [2.05, 4.69) is 34.1 Å². The number of hydrogen-bond acceptors (Lipinski definition) is 1. The number of rotatable bonds is 3. The van der Waals surface area contributed by atoms with Crippen molar-refractivity contribution in [3.8, 4) is 0 Å². The minimum atomic E-state index is 0.322. The molecule has 3 rings (SSSR count). The molecule has 1 aromatic carbocycles. The Morgan fingerprint density at radius 2 is 2.24 bits per heavy atom. The minimum Gasteiger partial charge on any atom is -0.312 e. The number of aryl methyl sites for hydroxylation is 1. The van der Waals surface area contributed by atoms with E-state index in [1.807, 2.05) is 4.90 Å².